The summed E-state index contributed by atoms with van der Waals surface area (Å²) >= 11 is 3.82. The summed E-state index contributed by atoms with van der Waals surface area (Å²) in [5, 5.41) is 3.94. The largest absolute Gasteiger partial charge is 0.310 e. The Labute approximate surface area is 356 Å². The molecule has 2 aliphatic carbocycles. The Morgan fingerprint density at radius 2 is 0.833 bits per heavy atom. The number of fused-ring (bicyclic) bond motifs is 15. The van der Waals surface area contributed by atoms with Crippen molar-refractivity contribution in [3.63, 3.8) is 0 Å². The standard InChI is InChI=1S/C57H35NS2/c1-2-12-36(13-3-1)37-22-27-40(28-23-37)58(42-31-33-54-48(35-42)45-16-6-10-20-52(45)59-54)41-29-24-38(25-30-41)39-26-32-46-51(34-39)57(56-55(46)47-17-7-11-21-53(47)60-56)49-18-8-4-14-43(49)44-15-5-9-19-50(44)57/h1-35H. The number of anilines is 3. The summed E-state index contributed by atoms with van der Waals surface area (Å²) in [4.78, 5) is 3.84. The molecule has 13 rings (SSSR count). The molecule has 60 heavy (non-hydrogen) atoms. The normalized spacial score (nSPS) is 13.1. The zero-order valence-corrected chi connectivity index (χ0v) is 34.1. The van der Waals surface area contributed by atoms with Crippen molar-refractivity contribution in [1.82, 2.24) is 0 Å². The fourth-order valence-electron chi connectivity index (χ4n) is 10.3. The molecule has 0 bridgehead atoms. The quantitative estimate of drug-likeness (QED) is 0.168. The van der Waals surface area contributed by atoms with Crippen LogP contribution in [0, 0.1) is 0 Å². The second kappa shape index (κ2) is 13.0. The zero-order chi connectivity index (χ0) is 39.4. The van der Waals surface area contributed by atoms with Crippen molar-refractivity contribution in [2.75, 3.05) is 4.90 Å². The molecule has 0 radical (unpaired) electrons. The highest BCUT2D eigenvalue weighted by molar-refractivity contribution is 7.25. The molecule has 2 aromatic heterocycles. The maximum atomic E-state index is 2.50. The van der Waals surface area contributed by atoms with Gasteiger partial charge in [-0.25, -0.2) is 0 Å². The van der Waals surface area contributed by atoms with Crippen molar-refractivity contribution in [1.29, 1.82) is 0 Å². The number of thiophene rings is 2. The van der Waals surface area contributed by atoms with Gasteiger partial charge in [-0.05, 0) is 116 Å². The van der Waals surface area contributed by atoms with E-state index in [-0.39, 0.29) is 5.41 Å². The summed E-state index contributed by atoms with van der Waals surface area (Å²) in [6.45, 7) is 0. The first-order chi connectivity index (χ1) is 29.7. The van der Waals surface area contributed by atoms with E-state index >= 15 is 0 Å². The van der Waals surface area contributed by atoms with E-state index in [1.807, 2.05) is 22.7 Å². The van der Waals surface area contributed by atoms with Gasteiger partial charge in [0.05, 0.1) is 5.41 Å². The van der Waals surface area contributed by atoms with Crippen molar-refractivity contribution in [2.45, 2.75) is 5.41 Å². The fourth-order valence-corrected chi connectivity index (χ4v) is 12.8. The van der Waals surface area contributed by atoms with E-state index in [9.17, 15) is 0 Å². The van der Waals surface area contributed by atoms with E-state index < -0.39 is 0 Å². The summed E-state index contributed by atoms with van der Waals surface area (Å²) in [6, 6.07) is 78.9. The molecule has 0 aliphatic heterocycles. The summed E-state index contributed by atoms with van der Waals surface area (Å²) in [6.07, 6.45) is 0. The maximum absolute atomic E-state index is 2.50. The van der Waals surface area contributed by atoms with Gasteiger partial charge in [-0.1, -0.05) is 152 Å². The average Bonchev–Trinajstić information content (AvgIpc) is 4.05. The summed E-state index contributed by atoms with van der Waals surface area (Å²) in [5.41, 5.74) is 17.4. The van der Waals surface area contributed by atoms with E-state index in [4.69, 9.17) is 0 Å². The van der Waals surface area contributed by atoms with Crippen molar-refractivity contribution >= 4 is 70.0 Å². The smallest absolute Gasteiger partial charge is 0.0819 e. The lowest BCUT2D eigenvalue weighted by Gasteiger charge is -2.29. The molecule has 3 heteroatoms. The third-order valence-electron chi connectivity index (χ3n) is 12.9. The van der Waals surface area contributed by atoms with E-state index in [0.717, 1.165) is 17.1 Å². The van der Waals surface area contributed by atoms with Crippen LogP contribution in [-0.2, 0) is 5.41 Å². The average molecular weight is 798 g/mol. The zero-order valence-electron chi connectivity index (χ0n) is 32.5. The fraction of sp³-hybridized carbons (Fsp3) is 0.0175. The van der Waals surface area contributed by atoms with Gasteiger partial charge in [-0.15, -0.1) is 22.7 Å². The SMILES string of the molecule is c1ccc(-c2ccc(N(c3ccc(-c4ccc5c(c4)C4(c6ccccc6-c6ccccc64)c4sc6ccccc6c4-5)cc3)c3ccc4sc5ccccc5c4c3)cc2)cc1. The molecule has 2 aliphatic rings. The third-order valence-corrected chi connectivity index (χ3v) is 15.3. The molecule has 0 N–H and O–H groups in total. The summed E-state index contributed by atoms with van der Waals surface area (Å²) in [5.74, 6) is 0. The van der Waals surface area contributed by atoms with Crippen LogP contribution in [0.5, 0.6) is 0 Å². The van der Waals surface area contributed by atoms with Gasteiger partial charge in [-0.3, -0.25) is 0 Å². The Bertz CT molecular complexity index is 3440. The molecule has 0 saturated heterocycles. The van der Waals surface area contributed by atoms with Gasteiger partial charge in [0, 0.05) is 57.8 Å². The third kappa shape index (κ3) is 4.79. The van der Waals surface area contributed by atoms with Gasteiger partial charge in [-0.2, -0.15) is 0 Å². The lowest BCUT2D eigenvalue weighted by molar-refractivity contribution is 0.812. The molecule has 2 heterocycles. The first-order valence-corrected chi connectivity index (χ1v) is 22.2. The molecular formula is C57H35NS2. The van der Waals surface area contributed by atoms with Crippen molar-refractivity contribution < 1.29 is 0 Å². The molecule has 280 valence electrons. The Balaban J connectivity index is 0.959. The van der Waals surface area contributed by atoms with Gasteiger partial charge in [0.15, 0.2) is 0 Å². The highest BCUT2D eigenvalue weighted by Gasteiger charge is 2.53. The number of benzene rings is 9. The highest BCUT2D eigenvalue weighted by Crippen LogP contribution is 2.66. The predicted octanol–water partition coefficient (Wildman–Crippen LogP) is 16.4. The summed E-state index contributed by atoms with van der Waals surface area (Å²) in [7, 11) is 0. The van der Waals surface area contributed by atoms with Gasteiger partial charge in [0.2, 0.25) is 0 Å². The van der Waals surface area contributed by atoms with Crippen molar-refractivity contribution in [2.24, 2.45) is 0 Å². The van der Waals surface area contributed by atoms with E-state index in [0.29, 0.717) is 0 Å². The minimum absolute atomic E-state index is 0.370. The minimum atomic E-state index is -0.370. The Morgan fingerprint density at radius 1 is 0.317 bits per heavy atom. The first-order valence-electron chi connectivity index (χ1n) is 20.6. The molecule has 0 atom stereocenters. The number of hydrogen-bond donors (Lipinski definition) is 0. The van der Waals surface area contributed by atoms with Crippen LogP contribution < -0.4 is 4.90 Å². The number of nitrogens with zero attached hydrogens (tertiary/aromatic N) is 1. The topological polar surface area (TPSA) is 3.24 Å². The molecule has 9 aromatic carbocycles. The summed E-state index contributed by atoms with van der Waals surface area (Å²) < 4.78 is 3.97. The Hall–Kier alpha value is -7.04. The van der Waals surface area contributed by atoms with Crippen molar-refractivity contribution in [3.8, 4) is 44.5 Å². The molecule has 1 nitrogen and oxygen atoms in total. The lowest BCUT2D eigenvalue weighted by atomic mass is 9.73. The van der Waals surface area contributed by atoms with Crippen LogP contribution >= 0.6 is 22.7 Å². The van der Waals surface area contributed by atoms with Crippen LogP contribution in [0.2, 0.25) is 0 Å². The van der Waals surface area contributed by atoms with Gasteiger partial charge in [0.1, 0.15) is 0 Å². The first kappa shape index (κ1) is 33.9. The Kier molecular flexibility index (Phi) is 7.33. The minimum Gasteiger partial charge on any atom is -0.310 e. The second-order valence-corrected chi connectivity index (χ2v) is 18.1. The van der Waals surface area contributed by atoms with Crippen LogP contribution in [0.15, 0.2) is 212 Å². The Morgan fingerprint density at radius 3 is 1.53 bits per heavy atom. The van der Waals surface area contributed by atoms with Crippen molar-refractivity contribution in [3.05, 3.63) is 234 Å². The number of rotatable bonds is 5. The molecule has 0 amide bonds. The molecule has 11 aromatic rings. The molecular weight excluding hydrogens is 763 g/mol. The molecule has 0 unspecified atom stereocenters. The van der Waals surface area contributed by atoms with Crippen LogP contribution in [-0.4, -0.2) is 0 Å². The van der Waals surface area contributed by atoms with E-state index in [1.54, 1.807) is 0 Å². The molecule has 0 saturated carbocycles. The monoisotopic (exact) mass is 797 g/mol. The van der Waals surface area contributed by atoms with Gasteiger partial charge < -0.3 is 4.90 Å². The lowest BCUT2D eigenvalue weighted by Crippen LogP contribution is -2.24. The predicted molar refractivity (Wildman–Crippen MR) is 257 cm³/mol. The van der Waals surface area contributed by atoms with Crippen LogP contribution in [0.3, 0.4) is 0 Å². The molecule has 1 spiro atoms. The van der Waals surface area contributed by atoms with E-state index in [2.05, 4.69) is 217 Å². The maximum Gasteiger partial charge on any atom is 0.0819 e. The highest BCUT2D eigenvalue weighted by atomic mass is 32.1. The van der Waals surface area contributed by atoms with Crippen LogP contribution in [0.25, 0.3) is 74.8 Å². The van der Waals surface area contributed by atoms with Crippen LogP contribution in [0.1, 0.15) is 21.6 Å². The second-order valence-electron chi connectivity index (χ2n) is 16.0. The number of hydrogen-bond acceptors (Lipinski definition) is 3. The van der Waals surface area contributed by atoms with Crippen LogP contribution in [0.4, 0.5) is 17.1 Å². The van der Waals surface area contributed by atoms with Gasteiger partial charge in [0.25, 0.3) is 0 Å². The van der Waals surface area contributed by atoms with E-state index in [1.165, 1.54) is 96.3 Å². The molecule has 0 fully saturated rings. The van der Waals surface area contributed by atoms with Gasteiger partial charge >= 0.3 is 0 Å².